The molecule has 2 aliphatic carbocycles. The monoisotopic (exact) mass is 287 g/mol. The Hall–Kier alpha value is -1.84. The summed E-state index contributed by atoms with van der Waals surface area (Å²) in [5.74, 6) is -0.795. The van der Waals surface area contributed by atoms with Crippen LogP contribution in [0.2, 0.25) is 0 Å². The van der Waals surface area contributed by atoms with Crippen LogP contribution in [0.25, 0.3) is 0 Å². The highest BCUT2D eigenvalue weighted by Gasteiger charge is 2.38. The second-order valence-corrected chi connectivity index (χ2v) is 6.55. The molecule has 4 heteroatoms. The molecule has 0 heterocycles. The van der Waals surface area contributed by atoms with E-state index in [1.54, 1.807) is 12.1 Å². The number of hydrogen-bond acceptors (Lipinski definition) is 2. The maximum absolute atomic E-state index is 12.5. The number of aromatic carboxylic acids is 1. The molecule has 0 unspecified atom stereocenters. The van der Waals surface area contributed by atoms with Gasteiger partial charge in [-0.05, 0) is 48.9 Å². The molecule has 1 aromatic rings. The Labute approximate surface area is 124 Å². The molecule has 0 aromatic heterocycles. The highest BCUT2D eigenvalue weighted by atomic mass is 16.4. The van der Waals surface area contributed by atoms with Gasteiger partial charge in [0.05, 0.1) is 11.6 Å². The summed E-state index contributed by atoms with van der Waals surface area (Å²) in [7, 11) is 0. The van der Waals surface area contributed by atoms with Gasteiger partial charge in [0.15, 0.2) is 0 Å². The first-order valence-electron chi connectivity index (χ1n) is 7.67. The Balaban J connectivity index is 1.79. The third-order valence-corrected chi connectivity index (χ3v) is 5.03. The molecule has 1 atom stereocenters. The van der Waals surface area contributed by atoms with Crippen molar-refractivity contribution in [1.82, 2.24) is 5.32 Å². The number of carboxylic acid groups (broad SMARTS) is 1. The van der Waals surface area contributed by atoms with Crippen molar-refractivity contribution in [3.63, 3.8) is 0 Å². The van der Waals surface area contributed by atoms with E-state index in [0.717, 1.165) is 49.7 Å². The fourth-order valence-corrected chi connectivity index (χ4v) is 3.60. The van der Waals surface area contributed by atoms with Crippen molar-refractivity contribution in [2.75, 3.05) is 0 Å². The van der Waals surface area contributed by atoms with E-state index in [0.29, 0.717) is 5.56 Å². The first-order chi connectivity index (χ1) is 9.99. The number of rotatable bonds is 3. The van der Waals surface area contributed by atoms with E-state index >= 15 is 0 Å². The molecule has 2 aliphatic rings. The SMILES string of the molecule is CC1(C(=O)N[C@@H]2CCc3ccc(C(=O)O)cc32)CCCC1. The Kier molecular flexibility index (Phi) is 3.47. The number of carbonyl (C=O) groups is 2. The van der Waals surface area contributed by atoms with Gasteiger partial charge in [-0.1, -0.05) is 25.8 Å². The van der Waals surface area contributed by atoms with Gasteiger partial charge in [-0.25, -0.2) is 4.79 Å². The largest absolute Gasteiger partial charge is 0.478 e. The van der Waals surface area contributed by atoms with E-state index in [1.807, 2.05) is 13.0 Å². The lowest BCUT2D eigenvalue weighted by Gasteiger charge is -2.25. The number of carbonyl (C=O) groups excluding carboxylic acids is 1. The zero-order chi connectivity index (χ0) is 15.0. The molecule has 1 fully saturated rings. The maximum Gasteiger partial charge on any atom is 0.335 e. The lowest BCUT2D eigenvalue weighted by atomic mass is 9.87. The fourth-order valence-electron chi connectivity index (χ4n) is 3.60. The van der Waals surface area contributed by atoms with Crippen LogP contribution >= 0.6 is 0 Å². The van der Waals surface area contributed by atoms with Crippen molar-refractivity contribution >= 4 is 11.9 Å². The molecule has 0 aliphatic heterocycles. The Morgan fingerprint density at radius 2 is 2.00 bits per heavy atom. The third kappa shape index (κ3) is 2.55. The standard InChI is InChI=1S/C17H21NO3/c1-17(8-2-3-9-17)16(21)18-14-7-6-11-4-5-12(15(19)20)10-13(11)14/h4-5,10,14H,2-3,6-9H2,1H3,(H,18,21)(H,19,20)/t14-/m1/s1. The van der Waals surface area contributed by atoms with Crippen LogP contribution in [0.15, 0.2) is 18.2 Å². The zero-order valence-electron chi connectivity index (χ0n) is 12.3. The number of fused-ring (bicyclic) bond motifs is 1. The predicted molar refractivity (Wildman–Crippen MR) is 79.2 cm³/mol. The second kappa shape index (κ2) is 5.17. The van der Waals surface area contributed by atoms with Crippen LogP contribution < -0.4 is 5.32 Å². The highest BCUT2D eigenvalue weighted by molar-refractivity contribution is 5.88. The normalized spacial score (nSPS) is 22.8. The summed E-state index contributed by atoms with van der Waals surface area (Å²) >= 11 is 0. The lowest BCUT2D eigenvalue weighted by molar-refractivity contribution is -0.130. The molecule has 1 amide bonds. The zero-order valence-corrected chi connectivity index (χ0v) is 12.3. The molecule has 0 saturated heterocycles. The molecule has 21 heavy (non-hydrogen) atoms. The summed E-state index contributed by atoms with van der Waals surface area (Å²) in [6.45, 7) is 2.04. The van der Waals surface area contributed by atoms with Crippen molar-refractivity contribution in [3.05, 3.63) is 34.9 Å². The molecule has 1 aromatic carbocycles. The van der Waals surface area contributed by atoms with Crippen LogP contribution in [0.3, 0.4) is 0 Å². The van der Waals surface area contributed by atoms with Gasteiger partial charge >= 0.3 is 5.97 Å². The van der Waals surface area contributed by atoms with Gasteiger partial charge in [0, 0.05) is 5.41 Å². The average molecular weight is 287 g/mol. The van der Waals surface area contributed by atoms with Gasteiger partial charge in [0.25, 0.3) is 0 Å². The third-order valence-electron chi connectivity index (χ3n) is 5.03. The number of carboxylic acids is 1. The smallest absolute Gasteiger partial charge is 0.335 e. The second-order valence-electron chi connectivity index (χ2n) is 6.55. The van der Waals surface area contributed by atoms with Crippen molar-refractivity contribution in [2.24, 2.45) is 5.41 Å². The first kappa shape index (κ1) is 14.1. The Bertz CT molecular complexity index is 588. The minimum Gasteiger partial charge on any atom is -0.478 e. The lowest BCUT2D eigenvalue weighted by Crippen LogP contribution is -2.38. The first-order valence-corrected chi connectivity index (χ1v) is 7.67. The van der Waals surface area contributed by atoms with Gasteiger partial charge in [-0.2, -0.15) is 0 Å². The average Bonchev–Trinajstić information content (AvgIpc) is 3.06. The minimum atomic E-state index is -0.919. The van der Waals surface area contributed by atoms with E-state index in [1.165, 1.54) is 0 Å². The molecule has 1 saturated carbocycles. The topological polar surface area (TPSA) is 66.4 Å². The molecule has 3 rings (SSSR count). The summed E-state index contributed by atoms with van der Waals surface area (Å²) in [5.41, 5.74) is 2.18. The highest BCUT2D eigenvalue weighted by Crippen LogP contribution is 2.39. The van der Waals surface area contributed by atoms with Crippen LogP contribution in [0, 0.1) is 5.41 Å². The molecule has 4 nitrogen and oxygen atoms in total. The summed E-state index contributed by atoms with van der Waals surface area (Å²) in [6, 6.07) is 5.20. The number of benzene rings is 1. The summed E-state index contributed by atoms with van der Waals surface area (Å²) in [5, 5.41) is 12.3. The summed E-state index contributed by atoms with van der Waals surface area (Å²) < 4.78 is 0. The van der Waals surface area contributed by atoms with Crippen LogP contribution in [0.4, 0.5) is 0 Å². The summed E-state index contributed by atoms with van der Waals surface area (Å²) in [6.07, 6.45) is 5.90. The van der Waals surface area contributed by atoms with E-state index in [-0.39, 0.29) is 17.4 Å². The van der Waals surface area contributed by atoms with E-state index < -0.39 is 5.97 Å². The molecular formula is C17H21NO3. The predicted octanol–water partition coefficient (Wildman–Crippen LogP) is 3.07. The number of hydrogen-bond donors (Lipinski definition) is 2. The van der Waals surface area contributed by atoms with Crippen molar-refractivity contribution < 1.29 is 14.7 Å². The summed E-state index contributed by atoms with van der Waals surface area (Å²) in [4.78, 5) is 23.6. The molecule has 0 radical (unpaired) electrons. The van der Waals surface area contributed by atoms with Crippen LogP contribution in [-0.2, 0) is 11.2 Å². The minimum absolute atomic E-state index is 0.0378. The molecule has 2 N–H and O–H groups in total. The van der Waals surface area contributed by atoms with E-state index in [4.69, 9.17) is 5.11 Å². The van der Waals surface area contributed by atoms with Crippen LogP contribution in [0.1, 0.15) is 66.6 Å². The van der Waals surface area contributed by atoms with Gasteiger partial charge in [-0.15, -0.1) is 0 Å². The molecule has 0 spiro atoms. The Morgan fingerprint density at radius 3 is 2.67 bits per heavy atom. The van der Waals surface area contributed by atoms with Crippen molar-refractivity contribution in [3.8, 4) is 0 Å². The van der Waals surface area contributed by atoms with E-state index in [9.17, 15) is 9.59 Å². The number of aryl methyl sites for hydroxylation is 1. The molecule has 112 valence electrons. The Morgan fingerprint density at radius 1 is 1.29 bits per heavy atom. The van der Waals surface area contributed by atoms with Gasteiger partial charge in [0.2, 0.25) is 5.91 Å². The molecular weight excluding hydrogens is 266 g/mol. The quantitative estimate of drug-likeness (QED) is 0.898. The van der Waals surface area contributed by atoms with Crippen LogP contribution in [-0.4, -0.2) is 17.0 Å². The fraction of sp³-hybridized carbons (Fsp3) is 0.529. The van der Waals surface area contributed by atoms with Gasteiger partial charge in [0.1, 0.15) is 0 Å². The van der Waals surface area contributed by atoms with Crippen molar-refractivity contribution in [2.45, 2.75) is 51.5 Å². The number of amides is 1. The number of nitrogens with one attached hydrogen (secondary N) is 1. The maximum atomic E-state index is 12.5. The van der Waals surface area contributed by atoms with Gasteiger partial charge < -0.3 is 10.4 Å². The van der Waals surface area contributed by atoms with E-state index in [2.05, 4.69) is 5.32 Å². The van der Waals surface area contributed by atoms with Gasteiger partial charge in [-0.3, -0.25) is 4.79 Å². The van der Waals surface area contributed by atoms with Crippen LogP contribution in [0.5, 0.6) is 0 Å². The molecule has 0 bridgehead atoms. The van der Waals surface area contributed by atoms with Crippen molar-refractivity contribution in [1.29, 1.82) is 0 Å².